The Morgan fingerprint density at radius 3 is 1.71 bits per heavy atom. The lowest BCUT2D eigenvalue weighted by Gasteiger charge is -2.38. The van der Waals surface area contributed by atoms with Gasteiger partial charge in [-0.25, -0.2) is 4.79 Å². The fourth-order valence-corrected chi connectivity index (χ4v) is 7.93. The van der Waals surface area contributed by atoms with Crippen LogP contribution >= 0.6 is 0 Å². The molecule has 0 bridgehead atoms. The zero-order valence-corrected chi connectivity index (χ0v) is 35.3. The quantitative estimate of drug-likeness (QED) is 0.173. The third kappa shape index (κ3) is 17.8. The molecule has 4 aliphatic rings. The van der Waals surface area contributed by atoms with E-state index in [-0.39, 0.29) is 39.7 Å². The lowest BCUT2D eigenvalue weighted by molar-refractivity contribution is -0.138. The van der Waals surface area contributed by atoms with Gasteiger partial charge >= 0.3 is 18.4 Å². The number of halogens is 6. The summed E-state index contributed by atoms with van der Waals surface area (Å²) in [6, 6.07) is 19.3. The Morgan fingerprint density at radius 2 is 1.22 bits per heavy atom. The number of carbonyl (C=O) groups is 1. The third-order valence-corrected chi connectivity index (χ3v) is 11.1. The highest BCUT2D eigenvalue weighted by Crippen LogP contribution is 2.32. The molecular weight excluding hydrogens is 835 g/mol. The minimum Gasteiger partial charge on any atom is -0.493 e. The second-order valence-electron chi connectivity index (χ2n) is 15.9. The van der Waals surface area contributed by atoms with E-state index in [0.717, 1.165) is 115 Å². The highest BCUT2D eigenvalue weighted by Gasteiger charge is 2.32. The van der Waals surface area contributed by atoms with E-state index in [9.17, 15) is 31.1 Å². The van der Waals surface area contributed by atoms with Crippen LogP contribution in [0, 0.1) is 11.8 Å². The highest BCUT2D eigenvalue weighted by atomic mass is 19.4. The minimum atomic E-state index is -4.35. The molecule has 3 aromatic carbocycles. The van der Waals surface area contributed by atoms with Crippen LogP contribution in [0.3, 0.4) is 0 Å². The lowest BCUT2D eigenvalue weighted by Crippen LogP contribution is -2.51. The molecular formula is C46H66F6N4O7. The van der Waals surface area contributed by atoms with Gasteiger partial charge in [-0.15, -0.1) is 0 Å². The molecule has 0 radical (unpaired) electrons. The summed E-state index contributed by atoms with van der Waals surface area (Å²) in [5, 5.41) is 10.3. The van der Waals surface area contributed by atoms with Gasteiger partial charge in [0.15, 0.2) is 0 Å². The molecule has 2 N–H and O–H groups in total. The number of amides is 1. The number of rotatable bonds is 12. The van der Waals surface area contributed by atoms with Crippen LogP contribution in [0.2, 0.25) is 0 Å². The number of benzene rings is 3. The molecule has 17 heteroatoms. The number of piperidine rings is 2. The van der Waals surface area contributed by atoms with Crippen LogP contribution in [0.1, 0.15) is 51.2 Å². The first kappa shape index (κ1) is 51.5. The number of nitrogens with zero attached hydrogens (tertiary/aromatic N) is 3. The number of hydrogen-bond acceptors (Lipinski definition) is 10. The van der Waals surface area contributed by atoms with Crippen molar-refractivity contribution < 1.29 is 61.4 Å². The Hall–Kier alpha value is -4.13. The molecule has 4 heterocycles. The summed E-state index contributed by atoms with van der Waals surface area (Å²) in [4.78, 5) is 18.9. The maximum absolute atomic E-state index is 12.7. The van der Waals surface area contributed by atoms with Gasteiger partial charge < -0.3 is 48.8 Å². The van der Waals surface area contributed by atoms with Crippen molar-refractivity contribution in [2.45, 2.75) is 64.3 Å². The van der Waals surface area contributed by atoms with Crippen LogP contribution < -0.4 is 14.8 Å². The number of aliphatic hydroxyl groups excluding tert-OH is 1. The second-order valence-corrected chi connectivity index (χ2v) is 15.9. The molecule has 0 aromatic heterocycles. The second kappa shape index (κ2) is 26.0. The van der Waals surface area contributed by atoms with Crippen LogP contribution in [0.25, 0.3) is 0 Å². The molecule has 4 unspecified atom stereocenters. The van der Waals surface area contributed by atoms with E-state index in [2.05, 4.69) is 15.1 Å². The first-order chi connectivity index (χ1) is 29.9. The van der Waals surface area contributed by atoms with Gasteiger partial charge in [0, 0.05) is 66.2 Å². The molecule has 0 aliphatic carbocycles. The smallest absolute Gasteiger partial charge is 0.416 e. The monoisotopic (exact) mass is 900 g/mol. The van der Waals surface area contributed by atoms with Crippen LogP contribution in [0.4, 0.5) is 31.1 Å². The zero-order valence-electron chi connectivity index (χ0n) is 35.3. The predicted octanol–water partition coefficient (Wildman–Crippen LogP) is 8.11. The summed E-state index contributed by atoms with van der Waals surface area (Å²) in [6.45, 7) is 10.7. The molecule has 0 saturated carbocycles. The Labute approximate surface area is 369 Å². The van der Waals surface area contributed by atoms with Gasteiger partial charge in [0.2, 0.25) is 0 Å². The number of likely N-dealkylation sites (tertiary alicyclic amines) is 2. The van der Waals surface area contributed by atoms with E-state index in [1.165, 1.54) is 24.3 Å². The van der Waals surface area contributed by atoms with Crippen molar-refractivity contribution in [3.63, 3.8) is 0 Å². The lowest BCUT2D eigenvalue weighted by atomic mass is 9.98. The van der Waals surface area contributed by atoms with Crippen LogP contribution in [-0.4, -0.2) is 137 Å². The first-order valence-corrected chi connectivity index (χ1v) is 21.3. The highest BCUT2D eigenvalue weighted by molar-refractivity contribution is 5.67. The number of carbonyl (C=O) groups excluding carboxylic acids is 1. The standard InChI is InChI=1S/C26H31F3N2O4.C18H25F3N2O2.CH4O.CH4.H2/c27-26(28,29)22-8-10-23(11-9-22)34-19-21-7-4-12-30(15-21)16-24-17-31(13-14-33-24)25(32)35-18-20-5-2-1-3-6-20;19-18(20,21)15-3-5-16(6-4-15)25-13-14-2-1-8-23(11-14)12-17-10-22-7-9-24-17;1-2;;/h1-3,5-6,8-11,21,24H,4,7,12-19H2;3-6,14,17,22H,1-2,7-13H2;2H,1H3;1H4;1H. The predicted molar refractivity (Wildman–Crippen MR) is 230 cm³/mol. The van der Waals surface area contributed by atoms with Crippen LogP contribution in [-0.2, 0) is 33.2 Å². The van der Waals surface area contributed by atoms with Gasteiger partial charge in [-0.3, -0.25) is 0 Å². The van der Waals surface area contributed by atoms with Crippen molar-refractivity contribution in [1.29, 1.82) is 0 Å². The number of hydrogen-bond donors (Lipinski definition) is 2. The van der Waals surface area contributed by atoms with Gasteiger partial charge in [0.1, 0.15) is 18.1 Å². The number of nitrogens with one attached hydrogen (secondary N) is 1. The third-order valence-electron chi connectivity index (χ3n) is 11.1. The molecule has 0 spiro atoms. The SMILES string of the molecule is C.CO.FC(F)(F)c1ccc(OCC2CCCN(CC3CNCCO3)C2)cc1.O=C(OCc1ccccc1)N1CCOC(CN2CCCC(COc3ccc(C(F)(F)F)cc3)C2)C1.[HH]. The Balaban J connectivity index is 0.000000333. The maximum Gasteiger partial charge on any atom is 0.416 e. The molecule has 7 rings (SSSR count). The zero-order chi connectivity index (χ0) is 44.4. The van der Waals surface area contributed by atoms with Crippen molar-refractivity contribution in [3.05, 3.63) is 95.6 Å². The summed E-state index contributed by atoms with van der Waals surface area (Å²) >= 11 is 0. The summed E-state index contributed by atoms with van der Waals surface area (Å²) < 4.78 is 104. The molecule has 4 fully saturated rings. The summed E-state index contributed by atoms with van der Waals surface area (Å²) in [5.41, 5.74) is -0.382. The van der Waals surface area contributed by atoms with E-state index in [0.29, 0.717) is 56.9 Å². The first-order valence-electron chi connectivity index (χ1n) is 21.3. The van der Waals surface area contributed by atoms with E-state index in [1.807, 2.05) is 30.3 Å². The largest absolute Gasteiger partial charge is 0.493 e. The molecule has 1 amide bonds. The van der Waals surface area contributed by atoms with Gasteiger partial charge in [-0.1, -0.05) is 37.8 Å². The van der Waals surface area contributed by atoms with Crippen molar-refractivity contribution in [2.24, 2.45) is 11.8 Å². The molecule has 4 saturated heterocycles. The van der Waals surface area contributed by atoms with E-state index in [4.69, 9.17) is 28.8 Å². The Bertz CT molecular complexity index is 1720. The van der Waals surface area contributed by atoms with E-state index >= 15 is 0 Å². The Morgan fingerprint density at radius 1 is 0.714 bits per heavy atom. The minimum absolute atomic E-state index is 0. The summed E-state index contributed by atoms with van der Waals surface area (Å²) in [6.07, 6.45) is -4.63. The number of aliphatic hydroxyl groups is 1. The van der Waals surface area contributed by atoms with Crippen molar-refractivity contribution in [2.75, 3.05) is 99.0 Å². The average Bonchev–Trinajstić information content (AvgIpc) is 3.28. The van der Waals surface area contributed by atoms with Crippen molar-refractivity contribution in [1.82, 2.24) is 20.0 Å². The van der Waals surface area contributed by atoms with Gasteiger partial charge in [0.25, 0.3) is 0 Å². The molecule has 3 aromatic rings. The molecule has 11 nitrogen and oxygen atoms in total. The normalized spacial score (nSPS) is 22.3. The Kier molecular flexibility index (Phi) is 21.2. The van der Waals surface area contributed by atoms with Crippen LogP contribution in [0.5, 0.6) is 11.5 Å². The average molecular weight is 901 g/mol. The fourth-order valence-electron chi connectivity index (χ4n) is 7.93. The van der Waals surface area contributed by atoms with Gasteiger partial charge in [-0.2, -0.15) is 26.3 Å². The number of ether oxygens (including phenoxy) is 5. The topological polar surface area (TPSA) is 105 Å². The van der Waals surface area contributed by atoms with Gasteiger partial charge in [-0.05, 0) is 92.9 Å². The molecule has 63 heavy (non-hydrogen) atoms. The van der Waals surface area contributed by atoms with E-state index < -0.39 is 23.5 Å². The van der Waals surface area contributed by atoms with Gasteiger partial charge in [0.05, 0.1) is 56.3 Å². The molecule has 4 atom stereocenters. The summed E-state index contributed by atoms with van der Waals surface area (Å²) in [7, 11) is 1.00. The number of alkyl halides is 6. The molecule has 4 aliphatic heterocycles. The van der Waals surface area contributed by atoms with Crippen molar-refractivity contribution in [3.8, 4) is 11.5 Å². The molecule has 354 valence electrons. The van der Waals surface area contributed by atoms with Crippen molar-refractivity contribution >= 4 is 6.09 Å². The fraction of sp³-hybridized carbons (Fsp3) is 0.587. The summed E-state index contributed by atoms with van der Waals surface area (Å²) in [5.74, 6) is 1.61. The maximum atomic E-state index is 12.7. The van der Waals surface area contributed by atoms with E-state index in [1.54, 1.807) is 4.90 Å². The number of morpholine rings is 2. The van der Waals surface area contributed by atoms with Crippen LogP contribution in [0.15, 0.2) is 78.9 Å².